The van der Waals surface area contributed by atoms with E-state index >= 15 is 0 Å². The lowest BCUT2D eigenvalue weighted by atomic mass is 9.96. The molecule has 1 aliphatic rings. The number of unbranched alkanes of at least 4 members (excludes halogenated alkanes) is 13. The van der Waals surface area contributed by atoms with Crippen LogP contribution in [0.4, 0.5) is 0 Å². The van der Waals surface area contributed by atoms with Crippen LogP contribution in [-0.2, 0) is 13.8 Å². The van der Waals surface area contributed by atoms with Gasteiger partial charge in [0.25, 0.3) is 0 Å². The van der Waals surface area contributed by atoms with Crippen LogP contribution >= 0.6 is 7.60 Å². The largest absolute Gasteiger partial charge is 0.394 e. The normalized spacial score (nSPS) is 28.0. The maximum Gasteiger partial charge on any atom is 0.330 e. The molecule has 0 spiro atoms. The molecule has 0 aromatic carbocycles. The Hall–Kier alpha value is -0.0500. The molecule has 192 valence electrons. The maximum atomic E-state index is 12.3. The highest BCUT2D eigenvalue weighted by Gasteiger charge is 2.45. The van der Waals surface area contributed by atoms with Crippen LogP contribution in [0.1, 0.15) is 96.8 Å². The van der Waals surface area contributed by atoms with E-state index in [4.69, 9.17) is 9.26 Å². The third kappa shape index (κ3) is 12.4. The average molecular weight is 483 g/mol. The Kier molecular flexibility index (Phi) is 16.3. The molecule has 0 saturated carbocycles. The van der Waals surface area contributed by atoms with Crippen molar-refractivity contribution in [3.05, 3.63) is 0 Å². The van der Waals surface area contributed by atoms with Gasteiger partial charge >= 0.3 is 7.60 Å². The van der Waals surface area contributed by atoms with Crippen molar-refractivity contribution >= 4 is 7.60 Å². The van der Waals surface area contributed by atoms with Gasteiger partial charge in [-0.3, -0.25) is 4.57 Å². The zero-order valence-corrected chi connectivity index (χ0v) is 20.7. The molecule has 1 unspecified atom stereocenters. The summed E-state index contributed by atoms with van der Waals surface area (Å²) >= 11 is 0. The van der Waals surface area contributed by atoms with E-state index < -0.39 is 50.9 Å². The van der Waals surface area contributed by atoms with E-state index in [1.165, 1.54) is 64.2 Å². The summed E-state index contributed by atoms with van der Waals surface area (Å²) in [6, 6.07) is 0. The fourth-order valence-corrected chi connectivity index (χ4v) is 5.39. The van der Waals surface area contributed by atoms with Crippen LogP contribution in [-0.4, -0.2) is 75.2 Å². The number of hydrogen-bond acceptors (Lipinski definition) is 7. The van der Waals surface area contributed by atoms with Crippen LogP contribution in [0.2, 0.25) is 0 Å². The summed E-state index contributed by atoms with van der Waals surface area (Å²) < 4.78 is 22.7. The lowest BCUT2D eigenvalue weighted by Crippen LogP contribution is -2.59. The smallest absolute Gasteiger partial charge is 0.330 e. The standard InChI is InChI=1S/C23H47O8P/c1-2-3-4-5-6-7-8-9-10-11-12-13-14-15-16-30-32(28,29)18-20-22(26)23(27)21(25)19(17-24)31-20/h19-27H,2-18H2,1H3,(H,28,29)/t19-,20-,21-,22+,23+/m1/s1. The Morgan fingerprint density at radius 1 is 0.719 bits per heavy atom. The first-order valence-corrected chi connectivity index (χ1v) is 14.4. The predicted molar refractivity (Wildman–Crippen MR) is 125 cm³/mol. The van der Waals surface area contributed by atoms with Gasteiger partial charge in [0.15, 0.2) is 0 Å². The quantitative estimate of drug-likeness (QED) is 0.139. The minimum absolute atomic E-state index is 0.142. The second-order valence-electron chi connectivity index (χ2n) is 9.12. The van der Waals surface area contributed by atoms with Gasteiger partial charge in [-0.2, -0.15) is 0 Å². The average Bonchev–Trinajstić information content (AvgIpc) is 2.76. The highest BCUT2D eigenvalue weighted by Crippen LogP contribution is 2.44. The number of aliphatic hydroxyl groups is 4. The zero-order chi connectivity index (χ0) is 23.8. The molecular weight excluding hydrogens is 435 g/mol. The first-order valence-electron chi connectivity index (χ1n) is 12.6. The minimum atomic E-state index is -4.03. The maximum absolute atomic E-state index is 12.3. The Morgan fingerprint density at radius 3 is 1.62 bits per heavy atom. The summed E-state index contributed by atoms with van der Waals surface area (Å²) in [5.74, 6) is 0. The second kappa shape index (κ2) is 17.4. The summed E-state index contributed by atoms with van der Waals surface area (Å²) in [6.45, 7) is 1.81. The van der Waals surface area contributed by atoms with Crippen LogP contribution in [0.15, 0.2) is 0 Å². The molecule has 8 nitrogen and oxygen atoms in total. The number of aliphatic hydroxyl groups excluding tert-OH is 4. The van der Waals surface area contributed by atoms with Gasteiger partial charge in [0.2, 0.25) is 0 Å². The molecular formula is C23H47O8P. The topological polar surface area (TPSA) is 137 Å². The molecule has 0 aromatic rings. The van der Waals surface area contributed by atoms with Gasteiger partial charge in [-0.05, 0) is 6.42 Å². The summed E-state index contributed by atoms with van der Waals surface area (Å²) in [6.07, 6.45) is 9.74. The third-order valence-electron chi connectivity index (χ3n) is 6.19. The lowest BCUT2D eigenvalue weighted by molar-refractivity contribution is -0.223. The molecule has 6 atom stereocenters. The van der Waals surface area contributed by atoms with Crippen LogP contribution in [0.5, 0.6) is 0 Å². The molecule has 1 rings (SSSR count). The van der Waals surface area contributed by atoms with Gasteiger partial charge in [0.05, 0.1) is 25.5 Å². The molecule has 1 heterocycles. The molecule has 1 saturated heterocycles. The Morgan fingerprint density at radius 2 is 1.16 bits per heavy atom. The van der Waals surface area contributed by atoms with Crippen molar-refractivity contribution in [1.82, 2.24) is 0 Å². The minimum Gasteiger partial charge on any atom is -0.394 e. The van der Waals surface area contributed by atoms with E-state index in [2.05, 4.69) is 6.92 Å². The van der Waals surface area contributed by atoms with Crippen LogP contribution in [0.25, 0.3) is 0 Å². The molecule has 0 bridgehead atoms. The molecule has 32 heavy (non-hydrogen) atoms. The van der Waals surface area contributed by atoms with Crippen molar-refractivity contribution in [2.45, 2.75) is 127 Å². The van der Waals surface area contributed by atoms with Gasteiger partial charge in [0.1, 0.15) is 24.4 Å². The van der Waals surface area contributed by atoms with Crippen molar-refractivity contribution in [1.29, 1.82) is 0 Å². The van der Waals surface area contributed by atoms with Gasteiger partial charge in [-0.25, -0.2) is 0 Å². The van der Waals surface area contributed by atoms with E-state index in [0.29, 0.717) is 6.42 Å². The molecule has 0 aliphatic carbocycles. The van der Waals surface area contributed by atoms with E-state index in [0.717, 1.165) is 19.3 Å². The molecule has 1 aliphatic heterocycles. The summed E-state index contributed by atoms with van der Waals surface area (Å²) in [5.41, 5.74) is 0. The molecule has 9 heteroatoms. The Balaban J connectivity index is 2.03. The number of ether oxygens (including phenoxy) is 1. The lowest BCUT2D eigenvalue weighted by Gasteiger charge is -2.40. The third-order valence-corrected chi connectivity index (χ3v) is 7.60. The Labute approximate surface area is 193 Å². The van der Waals surface area contributed by atoms with Crippen molar-refractivity contribution < 1.29 is 39.1 Å². The van der Waals surface area contributed by atoms with E-state index in [1.807, 2.05) is 0 Å². The van der Waals surface area contributed by atoms with E-state index in [1.54, 1.807) is 0 Å². The number of hydrogen-bond donors (Lipinski definition) is 5. The second-order valence-corrected chi connectivity index (χ2v) is 11.0. The fraction of sp³-hybridized carbons (Fsp3) is 1.00. The molecule has 0 radical (unpaired) electrons. The van der Waals surface area contributed by atoms with Crippen molar-refractivity contribution in [2.75, 3.05) is 19.4 Å². The molecule has 0 aromatic heterocycles. The monoisotopic (exact) mass is 482 g/mol. The number of rotatable bonds is 19. The highest BCUT2D eigenvalue weighted by molar-refractivity contribution is 7.52. The van der Waals surface area contributed by atoms with Crippen molar-refractivity contribution in [3.8, 4) is 0 Å². The van der Waals surface area contributed by atoms with E-state index in [9.17, 15) is 29.9 Å². The van der Waals surface area contributed by atoms with Crippen LogP contribution in [0, 0.1) is 0 Å². The highest BCUT2D eigenvalue weighted by atomic mass is 31.2. The van der Waals surface area contributed by atoms with Gasteiger partial charge in [0, 0.05) is 0 Å². The summed E-state index contributed by atoms with van der Waals surface area (Å²) in [7, 11) is -4.03. The van der Waals surface area contributed by atoms with E-state index in [-0.39, 0.29) is 6.61 Å². The fourth-order valence-electron chi connectivity index (χ4n) is 4.11. The first-order chi connectivity index (χ1) is 15.3. The summed E-state index contributed by atoms with van der Waals surface area (Å²) in [5, 5.41) is 38.7. The van der Waals surface area contributed by atoms with Crippen molar-refractivity contribution in [3.63, 3.8) is 0 Å². The molecule has 1 fully saturated rings. The van der Waals surface area contributed by atoms with Gasteiger partial charge in [-0.15, -0.1) is 0 Å². The summed E-state index contributed by atoms with van der Waals surface area (Å²) in [4.78, 5) is 10.0. The van der Waals surface area contributed by atoms with Crippen molar-refractivity contribution in [2.24, 2.45) is 0 Å². The SMILES string of the molecule is CCCCCCCCCCCCCCCCOP(=O)(O)C[C@H]1O[C@H](CO)[C@@H](O)[C@H](O)[C@H]1O. The molecule has 5 N–H and O–H groups in total. The van der Waals surface area contributed by atoms with Crippen LogP contribution in [0.3, 0.4) is 0 Å². The van der Waals surface area contributed by atoms with Gasteiger partial charge < -0.3 is 34.6 Å². The zero-order valence-electron chi connectivity index (χ0n) is 19.8. The first kappa shape index (κ1) is 30.0. The van der Waals surface area contributed by atoms with Crippen LogP contribution < -0.4 is 0 Å². The predicted octanol–water partition coefficient (Wildman–Crippen LogP) is 3.51. The molecule has 0 amide bonds. The Bertz CT molecular complexity index is 504. The van der Waals surface area contributed by atoms with Gasteiger partial charge in [-0.1, -0.05) is 90.4 Å².